The number of aldehydes is 1. The molecule has 1 saturated carbocycles. The highest BCUT2D eigenvalue weighted by Gasteiger charge is 2.38. The van der Waals surface area contributed by atoms with Crippen LogP contribution in [0.2, 0.25) is 0 Å². The molecule has 16 heavy (non-hydrogen) atoms. The van der Waals surface area contributed by atoms with Crippen molar-refractivity contribution >= 4 is 6.29 Å². The van der Waals surface area contributed by atoms with E-state index in [1.54, 1.807) is 11.1 Å². The van der Waals surface area contributed by atoms with Gasteiger partial charge in [-0.25, -0.2) is 0 Å². The Morgan fingerprint density at radius 3 is 2.94 bits per heavy atom. The lowest BCUT2D eigenvalue weighted by Gasteiger charge is -2.44. The normalized spacial score (nSPS) is 34.5. The molecule has 0 aromatic carbocycles. The first-order valence-corrected chi connectivity index (χ1v) is 6.40. The maximum atomic E-state index is 10.8. The standard InChI is InChI=1S/C15H22O/c1-11-5-4-7-15(3)8-6-13(9-14(11)15)12(2)10-16/h10,13H,2,4-9H2,1,3H3. The number of hydrogen-bond acceptors (Lipinski definition) is 1. The predicted octanol–water partition coefficient (Wildman–Crippen LogP) is 4.05. The van der Waals surface area contributed by atoms with Crippen molar-refractivity contribution in [3.63, 3.8) is 0 Å². The lowest BCUT2D eigenvalue weighted by molar-refractivity contribution is -0.105. The van der Waals surface area contributed by atoms with Crippen LogP contribution in [0.15, 0.2) is 23.3 Å². The van der Waals surface area contributed by atoms with Gasteiger partial charge >= 0.3 is 0 Å². The van der Waals surface area contributed by atoms with Crippen molar-refractivity contribution in [3.8, 4) is 0 Å². The van der Waals surface area contributed by atoms with Crippen LogP contribution in [0.1, 0.15) is 52.4 Å². The maximum Gasteiger partial charge on any atom is 0.145 e. The van der Waals surface area contributed by atoms with Crippen LogP contribution >= 0.6 is 0 Å². The zero-order valence-electron chi connectivity index (χ0n) is 10.5. The first-order chi connectivity index (χ1) is 7.57. The lowest BCUT2D eigenvalue weighted by atomic mass is 9.61. The third-order valence-electron chi connectivity index (χ3n) is 4.69. The largest absolute Gasteiger partial charge is 0.298 e. The van der Waals surface area contributed by atoms with E-state index in [4.69, 9.17) is 0 Å². The average Bonchev–Trinajstić information content (AvgIpc) is 2.27. The lowest BCUT2D eigenvalue weighted by Crippen LogP contribution is -2.31. The quantitative estimate of drug-likeness (QED) is 0.388. The highest BCUT2D eigenvalue weighted by molar-refractivity contribution is 5.73. The molecule has 2 aliphatic carbocycles. The number of allylic oxidation sites excluding steroid dienone is 3. The van der Waals surface area contributed by atoms with E-state index in [0.29, 0.717) is 11.3 Å². The fourth-order valence-corrected chi connectivity index (χ4v) is 3.51. The minimum atomic E-state index is 0.411. The fourth-order valence-electron chi connectivity index (χ4n) is 3.51. The van der Waals surface area contributed by atoms with Gasteiger partial charge in [0.2, 0.25) is 0 Å². The second-order valence-corrected chi connectivity index (χ2v) is 5.81. The Bertz CT molecular complexity index is 350. The molecular weight excluding hydrogens is 196 g/mol. The molecule has 2 unspecified atom stereocenters. The van der Waals surface area contributed by atoms with Gasteiger partial charge in [0.25, 0.3) is 0 Å². The van der Waals surface area contributed by atoms with Crippen molar-refractivity contribution in [1.29, 1.82) is 0 Å². The van der Waals surface area contributed by atoms with E-state index in [-0.39, 0.29) is 0 Å². The molecule has 0 aromatic rings. The van der Waals surface area contributed by atoms with Crippen LogP contribution in [0, 0.1) is 11.3 Å². The van der Waals surface area contributed by atoms with Crippen molar-refractivity contribution in [2.75, 3.05) is 0 Å². The molecule has 2 aliphatic rings. The topological polar surface area (TPSA) is 17.1 Å². The van der Waals surface area contributed by atoms with Gasteiger partial charge in [-0.2, -0.15) is 0 Å². The first-order valence-electron chi connectivity index (χ1n) is 6.40. The number of carbonyl (C=O) groups is 1. The molecule has 0 aromatic heterocycles. The van der Waals surface area contributed by atoms with Gasteiger partial charge in [0.05, 0.1) is 0 Å². The van der Waals surface area contributed by atoms with Crippen molar-refractivity contribution in [2.45, 2.75) is 52.4 Å². The van der Waals surface area contributed by atoms with Gasteiger partial charge in [0.1, 0.15) is 6.29 Å². The third-order valence-corrected chi connectivity index (χ3v) is 4.69. The van der Waals surface area contributed by atoms with Gasteiger partial charge < -0.3 is 0 Å². The summed E-state index contributed by atoms with van der Waals surface area (Å²) in [5.74, 6) is 0.411. The minimum absolute atomic E-state index is 0.411. The zero-order chi connectivity index (χ0) is 11.8. The summed E-state index contributed by atoms with van der Waals surface area (Å²) >= 11 is 0. The van der Waals surface area contributed by atoms with Gasteiger partial charge in [-0.1, -0.05) is 24.6 Å². The SMILES string of the molecule is C=C(C=O)C1CCC2(C)CCCC(C)=C2C1. The smallest absolute Gasteiger partial charge is 0.145 e. The summed E-state index contributed by atoms with van der Waals surface area (Å²) in [4.78, 5) is 10.8. The van der Waals surface area contributed by atoms with Crippen LogP contribution in [0.25, 0.3) is 0 Å². The van der Waals surface area contributed by atoms with Crippen molar-refractivity contribution in [1.82, 2.24) is 0 Å². The molecule has 0 spiro atoms. The van der Waals surface area contributed by atoms with E-state index in [0.717, 1.165) is 24.7 Å². The number of hydrogen-bond donors (Lipinski definition) is 0. The second kappa shape index (κ2) is 4.20. The van der Waals surface area contributed by atoms with Crippen LogP contribution in [-0.4, -0.2) is 6.29 Å². The summed E-state index contributed by atoms with van der Waals surface area (Å²) < 4.78 is 0. The summed E-state index contributed by atoms with van der Waals surface area (Å²) in [5, 5.41) is 0. The van der Waals surface area contributed by atoms with Crippen molar-refractivity contribution in [3.05, 3.63) is 23.3 Å². The molecule has 0 amide bonds. The van der Waals surface area contributed by atoms with E-state index in [9.17, 15) is 4.79 Å². The van der Waals surface area contributed by atoms with Gasteiger partial charge in [-0.05, 0) is 62.4 Å². The predicted molar refractivity (Wildman–Crippen MR) is 67.2 cm³/mol. The molecule has 0 N–H and O–H groups in total. The summed E-state index contributed by atoms with van der Waals surface area (Å²) in [6, 6.07) is 0. The van der Waals surface area contributed by atoms with E-state index >= 15 is 0 Å². The van der Waals surface area contributed by atoms with Gasteiger partial charge in [0.15, 0.2) is 0 Å². The number of carbonyl (C=O) groups excluding carboxylic acids is 1. The molecule has 1 heteroatoms. The number of rotatable bonds is 2. The Morgan fingerprint density at radius 2 is 2.25 bits per heavy atom. The molecule has 88 valence electrons. The molecule has 2 rings (SSSR count). The van der Waals surface area contributed by atoms with Crippen LogP contribution in [0.3, 0.4) is 0 Å². The minimum Gasteiger partial charge on any atom is -0.298 e. The average molecular weight is 218 g/mol. The van der Waals surface area contributed by atoms with Gasteiger partial charge in [-0.15, -0.1) is 0 Å². The van der Waals surface area contributed by atoms with Crippen LogP contribution < -0.4 is 0 Å². The molecule has 0 saturated heterocycles. The van der Waals surface area contributed by atoms with Gasteiger partial charge in [0, 0.05) is 0 Å². The van der Waals surface area contributed by atoms with E-state index in [1.807, 2.05) is 0 Å². The molecule has 0 heterocycles. The Morgan fingerprint density at radius 1 is 1.50 bits per heavy atom. The first kappa shape index (κ1) is 11.6. The molecular formula is C15H22O. The molecule has 1 nitrogen and oxygen atoms in total. The third kappa shape index (κ3) is 1.88. The zero-order valence-corrected chi connectivity index (χ0v) is 10.5. The molecule has 0 bridgehead atoms. The monoisotopic (exact) mass is 218 g/mol. The summed E-state index contributed by atoms with van der Waals surface area (Å²) in [7, 11) is 0. The number of fused-ring (bicyclic) bond motifs is 1. The molecule has 0 aliphatic heterocycles. The Kier molecular flexibility index (Phi) is 3.05. The van der Waals surface area contributed by atoms with Crippen LogP contribution in [0.5, 0.6) is 0 Å². The van der Waals surface area contributed by atoms with Gasteiger partial charge in [-0.3, -0.25) is 4.79 Å². The van der Waals surface area contributed by atoms with Crippen molar-refractivity contribution < 1.29 is 4.79 Å². The second-order valence-electron chi connectivity index (χ2n) is 5.81. The highest BCUT2D eigenvalue weighted by Crippen LogP contribution is 2.51. The van der Waals surface area contributed by atoms with Crippen LogP contribution in [-0.2, 0) is 4.79 Å². The summed E-state index contributed by atoms with van der Waals surface area (Å²) in [6.07, 6.45) is 8.34. The Labute approximate surface area is 98.6 Å². The van der Waals surface area contributed by atoms with Crippen molar-refractivity contribution in [2.24, 2.45) is 11.3 Å². The Balaban J connectivity index is 2.24. The molecule has 2 atom stereocenters. The van der Waals surface area contributed by atoms with E-state index in [2.05, 4.69) is 20.4 Å². The molecule has 0 radical (unpaired) electrons. The van der Waals surface area contributed by atoms with E-state index < -0.39 is 0 Å². The van der Waals surface area contributed by atoms with E-state index in [1.165, 1.54) is 25.7 Å². The summed E-state index contributed by atoms with van der Waals surface area (Å²) in [5.41, 5.74) is 4.45. The molecule has 1 fully saturated rings. The van der Waals surface area contributed by atoms with Crippen LogP contribution in [0.4, 0.5) is 0 Å². The Hall–Kier alpha value is -0.850. The fraction of sp³-hybridized carbons (Fsp3) is 0.667. The maximum absolute atomic E-state index is 10.8. The summed E-state index contributed by atoms with van der Waals surface area (Å²) in [6.45, 7) is 8.58. The highest BCUT2D eigenvalue weighted by atomic mass is 16.1.